The van der Waals surface area contributed by atoms with E-state index in [2.05, 4.69) is 28.9 Å². The maximum Gasteiger partial charge on any atom is 0.0931 e. The number of rotatable bonds is 2. The number of thiophene rings is 1. The number of halogens is 2. The van der Waals surface area contributed by atoms with Gasteiger partial charge in [-0.3, -0.25) is 0 Å². The van der Waals surface area contributed by atoms with Crippen LogP contribution in [-0.4, -0.2) is 0 Å². The molecule has 0 aliphatic heterocycles. The Balaban J connectivity index is 2.33. The van der Waals surface area contributed by atoms with E-state index in [0.717, 1.165) is 19.2 Å². The Kier molecular flexibility index (Phi) is 3.70. The molecule has 1 aromatic carbocycles. The highest BCUT2D eigenvalue weighted by Crippen LogP contribution is 2.30. The minimum Gasteiger partial charge on any atom is -0.320 e. The molecular formula is C12H11BrClNS. The van der Waals surface area contributed by atoms with Crippen molar-refractivity contribution in [3.05, 3.63) is 55.1 Å². The maximum atomic E-state index is 6.19. The van der Waals surface area contributed by atoms with Crippen molar-refractivity contribution in [3.8, 4) is 0 Å². The molecule has 0 saturated carbocycles. The van der Waals surface area contributed by atoms with Gasteiger partial charge in [-0.15, -0.1) is 11.3 Å². The van der Waals surface area contributed by atoms with Gasteiger partial charge in [0.1, 0.15) is 0 Å². The van der Waals surface area contributed by atoms with Gasteiger partial charge in [0.2, 0.25) is 0 Å². The predicted octanol–water partition coefficient (Wildman–Crippen LogP) is 4.52. The number of nitrogens with two attached hydrogens (primary N) is 1. The van der Waals surface area contributed by atoms with Crippen LogP contribution in [0.1, 0.15) is 22.0 Å². The first-order valence-corrected chi connectivity index (χ1v) is 6.83. The summed E-state index contributed by atoms with van der Waals surface area (Å²) in [5, 5.41) is 0. The molecule has 0 aliphatic rings. The fourth-order valence-corrected chi connectivity index (χ4v) is 2.86. The van der Waals surface area contributed by atoms with Gasteiger partial charge in [0.25, 0.3) is 0 Å². The van der Waals surface area contributed by atoms with Crippen LogP contribution in [0.2, 0.25) is 4.34 Å². The molecule has 0 radical (unpaired) electrons. The molecule has 0 fully saturated rings. The summed E-state index contributed by atoms with van der Waals surface area (Å²) >= 11 is 10.9. The average Bonchev–Trinajstić information content (AvgIpc) is 2.68. The van der Waals surface area contributed by atoms with Crippen LogP contribution in [0.15, 0.2) is 34.8 Å². The van der Waals surface area contributed by atoms with E-state index in [1.807, 2.05) is 24.3 Å². The zero-order valence-electron chi connectivity index (χ0n) is 8.71. The second-order valence-corrected chi connectivity index (χ2v) is 6.23. The molecule has 1 nitrogen and oxygen atoms in total. The highest BCUT2D eigenvalue weighted by atomic mass is 79.9. The van der Waals surface area contributed by atoms with E-state index in [-0.39, 0.29) is 6.04 Å². The van der Waals surface area contributed by atoms with Crippen molar-refractivity contribution in [1.82, 2.24) is 0 Å². The SMILES string of the molecule is Cc1cc(C(N)c2ccc(Cl)s2)ccc1Br. The van der Waals surface area contributed by atoms with Gasteiger partial charge in [-0.05, 0) is 36.2 Å². The largest absolute Gasteiger partial charge is 0.320 e. The Labute approximate surface area is 112 Å². The van der Waals surface area contributed by atoms with E-state index >= 15 is 0 Å². The van der Waals surface area contributed by atoms with Gasteiger partial charge >= 0.3 is 0 Å². The van der Waals surface area contributed by atoms with E-state index in [4.69, 9.17) is 17.3 Å². The zero-order valence-corrected chi connectivity index (χ0v) is 11.9. The van der Waals surface area contributed by atoms with Crippen molar-refractivity contribution in [2.24, 2.45) is 5.73 Å². The third-order valence-corrected chi connectivity index (χ3v) is 4.65. The molecule has 0 aliphatic carbocycles. The third kappa shape index (κ3) is 2.48. The average molecular weight is 317 g/mol. The summed E-state index contributed by atoms with van der Waals surface area (Å²) in [6, 6.07) is 9.93. The van der Waals surface area contributed by atoms with Gasteiger partial charge in [-0.1, -0.05) is 39.7 Å². The Morgan fingerprint density at radius 3 is 2.62 bits per heavy atom. The van der Waals surface area contributed by atoms with Crippen LogP contribution in [0, 0.1) is 6.92 Å². The summed E-state index contributed by atoms with van der Waals surface area (Å²) in [5.74, 6) is 0. The molecule has 4 heteroatoms. The molecule has 2 N–H and O–H groups in total. The molecule has 16 heavy (non-hydrogen) atoms. The van der Waals surface area contributed by atoms with Crippen molar-refractivity contribution in [3.63, 3.8) is 0 Å². The molecule has 0 saturated heterocycles. The molecular weight excluding hydrogens is 306 g/mol. The summed E-state index contributed by atoms with van der Waals surface area (Å²) in [6.07, 6.45) is 0. The number of aryl methyl sites for hydroxylation is 1. The third-order valence-electron chi connectivity index (χ3n) is 2.44. The zero-order chi connectivity index (χ0) is 11.7. The molecule has 1 aromatic heterocycles. The molecule has 2 rings (SSSR count). The molecule has 1 atom stereocenters. The first-order chi connectivity index (χ1) is 7.58. The summed E-state index contributed by atoms with van der Waals surface area (Å²) in [7, 11) is 0. The quantitative estimate of drug-likeness (QED) is 0.866. The van der Waals surface area contributed by atoms with Crippen LogP contribution in [0.25, 0.3) is 0 Å². The van der Waals surface area contributed by atoms with E-state index in [9.17, 15) is 0 Å². The van der Waals surface area contributed by atoms with Gasteiger partial charge < -0.3 is 5.73 Å². The number of hydrogen-bond donors (Lipinski definition) is 1. The fourth-order valence-electron chi connectivity index (χ4n) is 1.52. The maximum absolute atomic E-state index is 6.19. The van der Waals surface area contributed by atoms with E-state index in [0.29, 0.717) is 0 Å². The molecule has 1 heterocycles. The normalized spacial score (nSPS) is 12.8. The first-order valence-electron chi connectivity index (χ1n) is 4.85. The predicted molar refractivity (Wildman–Crippen MR) is 74.2 cm³/mol. The Morgan fingerprint density at radius 2 is 2.06 bits per heavy atom. The summed E-state index contributed by atoms with van der Waals surface area (Å²) < 4.78 is 1.88. The molecule has 0 bridgehead atoms. The number of hydrogen-bond acceptors (Lipinski definition) is 2. The molecule has 84 valence electrons. The Morgan fingerprint density at radius 1 is 1.31 bits per heavy atom. The van der Waals surface area contributed by atoms with Crippen LogP contribution in [0.4, 0.5) is 0 Å². The summed E-state index contributed by atoms with van der Waals surface area (Å²) in [5.41, 5.74) is 8.49. The van der Waals surface area contributed by atoms with Crippen LogP contribution in [-0.2, 0) is 0 Å². The van der Waals surface area contributed by atoms with Gasteiger partial charge in [0.15, 0.2) is 0 Å². The van der Waals surface area contributed by atoms with Crippen molar-refractivity contribution in [2.45, 2.75) is 13.0 Å². The first kappa shape index (κ1) is 12.1. The van der Waals surface area contributed by atoms with Crippen molar-refractivity contribution < 1.29 is 0 Å². The van der Waals surface area contributed by atoms with Gasteiger partial charge in [-0.2, -0.15) is 0 Å². The van der Waals surface area contributed by atoms with Crippen LogP contribution >= 0.6 is 38.9 Å². The lowest BCUT2D eigenvalue weighted by Crippen LogP contribution is -2.10. The minimum absolute atomic E-state index is 0.0932. The van der Waals surface area contributed by atoms with Gasteiger partial charge in [0, 0.05) is 9.35 Å². The summed E-state index contributed by atoms with van der Waals surface area (Å²) in [4.78, 5) is 1.09. The fraction of sp³-hybridized carbons (Fsp3) is 0.167. The lowest BCUT2D eigenvalue weighted by molar-refractivity contribution is 0.891. The Bertz CT molecular complexity index is 509. The Hall–Kier alpha value is -0.350. The molecule has 1 unspecified atom stereocenters. The monoisotopic (exact) mass is 315 g/mol. The van der Waals surface area contributed by atoms with Crippen LogP contribution < -0.4 is 5.73 Å². The van der Waals surface area contributed by atoms with E-state index in [1.54, 1.807) is 0 Å². The topological polar surface area (TPSA) is 26.0 Å². The lowest BCUT2D eigenvalue weighted by Gasteiger charge is -2.11. The standard InChI is InChI=1S/C12H11BrClNS/c1-7-6-8(2-3-9(7)13)12(15)10-4-5-11(14)16-10/h2-6,12H,15H2,1H3. The van der Waals surface area contributed by atoms with Gasteiger partial charge in [-0.25, -0.2) is 0 Å². The van der Waals surface area contributed by atoms with Gasteiger partial charge in [0.05, 0.1) is 10.4 Å². The second-order valence-electron chi connectivity index (χ2n) is 3.63. The lowest BCUT2D eigenvalue weighted by atomic mass is 10.0. The molecule has 0 spiro atoms. The minimum atomic E-state index is -0.0932. The summed E-state index contributed by atoms with van der Waals surface area (Å²) in [6.45, 7) is 2.06. The van der Waals surface area contributed by atoms with Crippen LogP contribution in [0.5, 0.6) is 0 Å². The van der Waals surface area contributed by atoms with E-state index in [1.165, 1.54) is 16.9 Å². The second kappa shape index (κ2) is 4.88. The van der Waals surface area contributed by atoms with Crippen molar-refractivity contribution >= 4 is 38.9 Å². The van der Waals surface area contributed by atoms with Crippen LogP contribution in [0.3, 0.4) is 0 Å². The highest BCUT2D eigenvalue weighted by molar-refractivity contribution is 9.10. The highest BCUT2D eigenvalue weighted by Gasteiger charge is 2.11. The van der Waals surface area contributed by atoms with Crippen molar-refractivity contribution in [2.75, 3.05) is 0 Å². The van der Waals surface area contributed by atoms with Crippen molar-refractivity contribution in [1.29, 1.82) is 0 Å². The number of benzene rings is 1. The molecule has 2 aromatic rings. The smallest absolute Gasteiger partial charge is 0.0931 e. The van der Waals surface area contributed by atoms with E-state index < -0.39 is 0 Å². The molecule has 0 amide bonds.